The lowest BCUT2D eigenvalue weighted by Gasteiger charge is -2.09. The van der Waals surface area contributed by atoms with E-state index >= 15 is 0 Å². The number of amides is 1. The normalized spacial score (nSPS) is 11.9. The Bertz CT molecular complexity index is 1680. The van der Waals surface area contributed by atoms with E-state index in [1.165, 1.54) is 10.8 Å². The van der Waals surface area contributed by atoms with Crippen molar-refractivity contribution in [2.75, 3.05) is 6.54 Å². The molecule has 10 nitrogen and oxygen atoms in total. The van der Waals surface area contributed by atoms with Gasteiger partial charge in [-0.05, 0) is 25.5 Å². The van der Waals surface area contributed by atoms with E-state index in [4.69, 9.17) is 0 Å². The minimum absolute atomic E-state index is 0.210. The Kier molecular flexibility index (Phi) is 5.54. The van der Waals surface area contributed by atoms with E-state index in [1.54, 1.807) is 56.0 Å². The molecular formula is C23H19F3N8O2. The van der Waals surface area contributed by atoms with Crippen molar-refractivity contribution < 1.29 is 18.0 Å². The van der Waals surface area contributed by atoms with E-state index in [2.05, 4.69) is 25.1 Å². The van der Waals surface area contributed by atoms with Crippen LogP contribution in [0.15, 0.2) is 47.8 Å². The summed E-state index contributed by atoms with van der Waals surface area (Å²) in [5, 5.41) is 9.50. The zero-order chi connectivity index (χ0) is 25.6. The summed E-state index contributed by atoms with van der Waals surface area (Å²) in [5.74, 6) is -0.726. The van der Waals surface area contributed by atoms with Crippen LogP contribution >= 0.6 is 0 Å². The van der Waals surface area contributed by atoms with E-state index in [0.717, 1.165) is 21.0 Å². The number of nitrogens with zero attached hydrogens (tertiary/aromatic N) is 6. The number of imidazole rings is 1. The van der Waals surface area contributed by atoms with Crippen molar-refractivity contribution in [1.82, 2.24) is 39.6 Å². The second-order valence-corrected chi connectivity index (χ2v) is 8.22. The number of carbonyl (C=O) groups is 1. The number of halogens is 3. The highest BCUT2D eigenvalue weighted by Crippen LogP contribution is 2.28. The van der Waals surface area contributed by atoms with Crippen LogP contribution in [0, 0.1) is 13.8 Å². The van der Waals surface area contributed by atoms with Crippen LogP contribution < -0.4 is 11.0 Å². The fourth-order valence-corrected chi connectivity index (χ4v) is 4.13. The van der Waals surface area contributed by atoms with Gasteiger partial charge in [-0.25, -0.2) is 14.3 Å². The van der Waals surface area contributed by atoms with Crippen molar-refractivity contribution >= 4 is 27.8 Å². The van der Waals surface area contributed by atoms with Crippen LogP contribution in [0.25, 0.3) is 39.0 Å². The highest BCUT2D eigenvalue weighted by atomic mass is 19.4. The third-order valence-electron chi connectivity index (χ3n) is 5.73. The number of H-pyrrole nitrogens is 1. The maximum absolute atomic E-state index is 13.4. The highest BCUT2D eigenvalue weighted by Gasteiger charge is 2.28. The quantitative estimate of drug-likeness (QED) is 0.386. The van der Waals surface area contributed by atoms with Crippen LogP contribution in [-0.2, 0) is 11.3 Å². The topological polar surface area (TPSA) is 123 Å². The summed E-state index contributed by atoms with van der Waals surface area (Å²) in [6, 6.07) is 5.10. The number of aromatic nitrogens is 7. The molecule has 1 amide bonds. The standard InChI is InChI=1S/C23H19F3N8O2/c1-12-4-3-5-17-21(12)34(22(36)33(17)10-19(35)29-11-23(24,25)26)18-9-28-20(13(2)31-18)15-6-27-8-16-14(15)7-30-32-16/h3-9H,10-11H2,1-2H3,(H,29,35)(H,30,32). The van der Waals surface area contributed by atoms with Crippen molar-refractivity contribution in [3.05, 3.63) is 64.7 Å². The molecule has 0 aliphatic carbocycles. The average molecular weight is 496 g/mol. The van der Waals surface area contributed by atoms with Gasteiger partial charge in [0.05, 0.1) is 46.5 Å². The number of para-hydroxylation sites is 1. The molecule has 5 aromatic rings. The molecule has 0 bridgehead atoms. The number of fused-ring (bicyclic) bond motifs is 2. The van der Waals surface area contributed by atoms with Crippen LogP contribution in [0.4, 0.5) is 13.2 Å². The average Bonchev–Trinajstić information content (AvgIpc) is 3.41. The third kappa shape index (κ3) is 4.08. The first-order valence-electron chi connectivity index (χ1n) is 10.8. The van der Waals surface area contributed by atoms with Crippen molar-refractivity contribution in [3.63, 3.8) is 0 Å². The molecule has 36 heavy (non-hydrogen) atoms. The molecule has 1 aromatic carbocycles. The predicted octanol–water partition coefficient (Wildman–Crippen LogP) is 2.82. The number of hydrogen-bond acceptors (Lipinski definition) is 6. The molecule has 0 fully saturated rings. The number of benzene rings is 1. The van der Waals surface area contributed by atoms with Crippen molar-refractivity contribution in [1.29, 1.82) is 0 Å². The molecule has 184 valence electrons. The van der Waals surface area contributed by atoms with Crippen LogP contribution in [0.3, 0.4) is 0 Å². The number of nitrogens with one attached hydrogen (secondary N) is 2. The maximum atomic E-state index is 13.4. The molecule has 2 N–H and O–H groups in total. The zero-order valence-corrected chi connectivity index (χ0v) is 19.1. The van der Waals surface area contributed by atoms with Crippen molar-refractivity contribution in [2.24, 2.45) is 0 Å². The lowest BCUT2D eigenvalue weighted by Crippen LogP contribution is -2.38. The molecule has 4 heterocycles. The predicted molar refractivity (Wildman–Crippen MR) is 125 cm³/mol. The second-order valence-electron chi connectivity index (χ2n) is 8.22. The van der Waals surface area contributed by atoms with Gasteiger partial charge in [0, 0.05) is 17.1 Å². The van der Waals surface area contributed by atoms with Crippen molar-refractivity contribution in [2.45, 2.75) is 26.6 Å². The van der Waals surface area contributed by atoms with E-state index in [0.29, 0.717) is 28.0 Å². The van der Waals surface area contributed by atoms with Gasteiger partial charge in [0.15, 0.2) is 5.82 Å². The van der Waals surface area contributed by atoms with E-state index in [-0.39, 0.29) is 5.82 Å². The van der Waals surface area contributed by atoms with E-state index in [9.17, 15) is 22.8 Å². The van der Waals surface area contributed by atoms with Gasteiger partial charge in [0.2, 0.25) is 5.91 Å². The Morgan fingerprint density at radius 3 is 2.69 bits per heavy atom. The zero-order valence-electron chi connectivity index (χ0n) is 19.1. The molecule has 0 atom stereocenters. The Balaban J connectivity index is 1.60. The first kappa shape index (κ1) is 23.2. The summed E-state index contributed by atoms with van der Waals surface area (Å²) >= 11 is 0. The van der Waals surface area contributed by atoms with Gasteiger partial charge in [0.25, 0.3) is 0 Å². The monoisotopic (exact) mass is 496 g/mol. The lowest BCUT2D eigenvalue weighted by atomic mass is 10.1. The minimum atomic E-state index is -4.56. The molecule has 0 radical (unpaired) electrons. The Hall–Kier alpha value is -4.55. The van der Waals surface area contributed by atoms with Gasteiger partial charge >= 0.3 is 11.9 Å². The number of aromatic amines is 1. The molecule has 0 aliphatic rings. The van der Waals surface area contributed by atoms with Gasteiger partial charge in [-0.1, -0.05) is 12.1 Å². The van der Waals surface area contributed by atoms with Gasteiger partial charge < -0.3 is 5.32 Å². The summed E-state index contributed by atoms with van der Waals surface area (Å²) in [4.78, 5) is 39.0. The van der Waals surface area contributed by atoms with E-state index in [1.807, 2.05) is 0 Å². The molecular weight excluding hydrogens is 477 g/mol. The molecule has 0 saturated heterocycles. The molecule has 0 spiro atoms. The fraction of sp³-hybridized carbons (Fsp3) is 0.217. The van der Waals surface area contributed by atoms with Gasteiger partial charge in [-0.3, -0.25) is 24.4 Å². The van der Waals surface area contributed by atoms with E-state index < -0.39 is 30.9 Å². The number of aryl methyl sites for hydroxylation is 2. The fourth-order valence-electron chi connectivity index (χ4n) is 4.13. The Morgan fingerprint density at radius 1 is 1.14 bits per heavy atom. The number of rotatable bonds is 5. The molecule has 4 aromatic heterocycles. The Morgan fingerprint density at radius 2 is 1.94 bits per heavy atom. The minimum Gasteiger partial charge on any atom is -0.345 e. The maximum Gasteiger partial charge on any atom is 0.405 e. The smallest absolute Gasteiger partial charge is 0.345 e. The van der Waals surface area contributed by atoms with Crippen LogP contribution in [0.2, 0.25) is 0 Å². The number of carbonyl (C=O) groups excluding carboxylic acids is 1. The first-order valence-corrected chi connectivity index (χ1v) is 10.8. The van der Waals surface area contributed by atoms with Gasteiger partial charge in [0.1, 0.15) is 13.1 Å². The largest absolute Gasteiger partial charge is 0.405 e. The van der Waals surface area contributed by atoms with Crippen LogP contribution in [-0.4, -0.2) is 52.9 Å². The number of hydrogen-bond donors (Lipinski definition) is 2. The second kappa shape index (κ2) is 8.59. The lowest BCUT2D eigenvalue weighted by molar-refractivity contribution is -0.138. The summed E-state index contributed by atoms with van der Waals surface area (Å²) in [6.45, 7) is 1.46. The summed E-state index contributed by atoms with van der Waals surface area (Å²) in [7, 11) is 0. The Labute approximate surface area is 200 Å². The summed E-state index contributed by atoms with van der Waals surface area (Å²) in [6.07, 6.45) is 1.83. The van der Waals surface area contributed by atoms with Gasteiger partial charge in [-0.15, -0.1) is 0 Å². The molecule has 5 rings (SSSR count). The van der Waals surface area contributed by atoms with Crippen LogP contribution in [0.1, 0.15) is 11.3 Å². The first-order chi connectivity index (χ1) is 17.1. The molecule has 0 saturated carbocycles. The summed E-state index contributed by atoms with van der Waals surface area (Å²) < 4.78 is 40.0. The number of alkyl halides is 3. The third-order valence-corrected chi connectivity index (χ3v) is 5.73. The molecule has 0 unspecified atom stereocenters. The molecule has 13 heteroatoms. The SMILES string of the molecule is Cc1nc(-n2c(=O)n(CC(=O)NCC(F)(F)F)c3cccc(C)c32)cnc1-c1cncc2[nH]ncc12. The highest BCUT2D eigenvalue weighted by molar-refractivity contribution is 5.92. The van der Waals surface area contributed by atoms with Gasteiger partial charge in [-0.2, -0.15) is 18.3 Å². The number of pyridine rings is 1. The van der Waals surface area contributed by atoms with Crippen molar-refractivity contribution in [3.8, 4) is 17.1 Å². The van der Waals surface area contributed by atoms with Crippen LogP contribution in [0.5, 0.6) is 0 Å². The molecule has 0 aliphatic heterocycles. The summed E-state index contributed by atoms with van der Waals surface area (Å²) in [5.41, 5.74) is 3.48.